The molecule has 1 aliphatic rings. The fourth-order valence-electron chi connectivity index (χ4n) is 2.10. The van der Waals surface area contributed by atoms with Crippen LogP contribution >= 0.6 is 0 Å². The van der Waals surface area contributed by atoms with E-state index in [9.17, 15) is 9.59 Å². The van der Waals surface area contributed by atoms with E-state index in [4.69, 9.17) is 14.6 Å². The molecule has 1 aromatic carbocycles. The Bertz CT molecular complexity index is 462. The summed E-state index contributed by atoms with van der Waals surface area (Å²) in [4.78, 5) is 24.4. The van der Waals surface area contributed by atoms with Crippen LogP contribution in [-0.2, 0) is 14.3 Å². The molecule has 0 aliphatic carbocycles. The van der Waals surface area contributed by atoms with Gasteiger partial charge in [0.25, 0.3) is 5.91 Å². The fourth-order valence-corrected chi connectivity index (χ4v) is 2.10. The molecule has 1 aromatic rings. The van der Waals surface area contributed by atoms with Crippen molar-refractivity contribution in [3.8, 4) is 5.75 Å². The predicted molar refractivity (Wildman–Crippen MR) is 70.5 cm³/mol. The van der Waals surface area contributed by atoms with Gasteiger partial charge in [0.05, 0.1) is 25.7 Å². The van der Waals surface area contributed by atoms with E-state index in [2.05, 4.69) is 0 Å². The minimum atomic E-state index is -0.942. The Morgan fingerprint density at radius 2 is 2.10 bits per heavy atom. The number of hydrogen-bond acceptors (Lipinski definition) is 4. The van der Waals surface area contributed by atoms with Crippen LogP contribution in [0, 0.1) is 0 Å². The molecule has 1 aliphatic heterocycles. The van der Waals surface area contributed by atoms with Gasteiger partial charge in [0.15, 0.2) is 6.61 Å². The van der Waals surface area contributed by atoms with E-state index in [0.717, 1.165) is 0 Å². The molecule has 2 rings (SSSR count). The van der Waals surface area contributed by atoms with Crippen LogP contribution in [0.3, 0.4) is 0 Å². The third-order valence-corrected chi connectivity index (χ3v) is 3.06. The molecule has 1 fully saturated rings. The van der Waals surface area contributed by atoms with Gasteiger partial charge < -0.3 is 19.5 Å². The summed E-state index contributed by atoms with van der Waals surface area (Å²) in [5.41, 5.74) is 0. The minimum absolute atomic E-state index is 0.0971. The average Bonchev–Trinajstić information content (AvgIpc) is 2.46. The van der Waals surface area contributed by atoms with Gasteiger partial charge in [-0.1, -0.05) is 18.2 Å². The highest BCUT2D eigenvalue weighted by atomic mass is 16.5. The van der Waals surface area contributed by atoms with E-state index in [1.807, 2.05) is 18.2 Å². The summed E-state index contributed by atoms with van der Waals surface area (Å²) < 4.78 is 10.6. The first-order valence-corrected chi connectivity index (χ1v) is 6.43. The number of nitrogens with zero attached hydrogens (tertiary/aromatic N) is 1. The van der Waals surface area contributed by atoms with E-state index < -0.39 is 12.0 Å². The summed E-state index contributed by atoms with van der Waals surface area (Å²) in [6, 6.07) is 8.61. The van der Waals surface area contributed by atoms with Gasteiger partial charge in [-0.25, -0.2) is 0 Å². The number of para-hydroxylation sites is 1. The predicted octanol–water partition coefficient (Wildman–Crippen LogP) is 0.767. The number of hydrogen-bond donors (Lipinski definition) is 1. The van der Waals surface area contributed by atoms with Crippen molar-refractivity contribution in [2.24, 2.45) is 0 Å². The Kier molecular flexibility index (Phi) is 4.95. The second-order valence-corrected chi connectivity index (χ2v) is 4.52. The second-order valence-electron chi connectivity index (χ2n) is 4.52. The molecule has 6 heteroatoms. The lowest BCUT2D eigenvalue weighted by Gasteiger charge is -2.34. The van der Waals surface area contributed by atoms with Gasteiger partial charge in [-0.05, 0) is 12.1 Å². The lowest BCUT2D eigenvalue weighted by Crippen LogP contribution is -2.51. The van der Waals surface area contributed by atoms with Crippen molar-refractivity contribution in [2.45, 2.75) is 12.5 Å². The summed E-state index contributed by atoms with van der Waals surface area (Å²) >= 11 is 0. The fraction of sp³-hybridized carbons (Fsp3) is 0.429. The lowest BCUT2D eigenvalue weighted by molar-refractivity contribution is -0.147. The number of carbonyl (C=O) groups is 2. The molecular weight excluding hydrogens is 262 g/mol. The number of carboxylic acid groups (broad SMARTS) is 1. The lowest BCUT2D eigenvalue weighted by atomic mass is 10.1. The maximum absolute atomic E-state index is 12.1. The zero-order valence-electron chi connectivity index (χ0n) is 11.0. The van der Waals surface area contributed by atoms with Crippen molar-refractivity contribution in [3.05, 3.63) is 30.3 Å². The molecule has 0 bridgehead atoms. The maximum Gasteiger partial charge on any atom is 0.305 e. The van der Waals surface area contributed by atoms with Crippen LogP contribution in [0.1, 0.15) is 6.42 Å². The highest BCUT2D eigenvalue weighted by Crippen LogP contribution is 2.13. The van der Waals surface area contributed by atoms with Gasteiger partial charge >= 0.3 is 5.97 Å². The number of morpholine rings is 1. The van der Waals surface area contributed by atoms with Crippen molar-refractivity contribution in [2.75, 3.05) is 26.4 Å². The van der Waals surface area contributed by atoms with E-state index >= 15 is 0 Å². The molecule has 0 spiro atoms. The zero-order valence-corrected chi connectivity index (χ0v) is 11.0. The molecule has 1 amide bonds. The van der Waals surface area contributed by atoms with Crippen molar-refractivity contribution in [1.29, 1.82) is 0 Å². The average molecular weight is 279 g/mol. The molecule has 1 atom stereocenters. The van der Waals surface area contributed by atoms with E-state index in [-0.39, 0.29) is 25.5 Å². The summed E-state index contributed by atoms with van der Waals surface area (Å²) in [5, 5.41) is 8.85. The van der Waals surface area contributed by atoms with Gasteiger partial charge in [-0.2, -0.15) is 0 Å². The highest BCUT2D eigenvalue weighted by molar-refractivity contribution is 5.79. The number of ether oxygens (including phenoxy) is 2. The second kappa shape index (κ2) is 6.91. The van der Waals surface area contributed by atoms with Crippen LogP contribution in [0.4, 0.5) is 0 Å². The molecule has 108 valence electrons. The van der Waals surface area contributed by atoms with Crippen molar-refractivity contribution < 1.29 is 24.2 Å². The number of benzene rings is 1. The number of carbonyl (C=O) groups excluding carboxylic acids is 1. The molecule has 1 saturated heterocycles. The zero-order chi connectivity index (χ0) is 14.4. The van der Waals surface area contributed by atoms with Crippen LogP contribution in [0.25, 0.3) is 0 Å². The molecule has 0 aromatic heterocycles. The number of rotatable bonds is 5. The summed E-state index contributed by atoms with van der Waals surface area (Å²) in [7, 11) is 0. The van der Waals surface area contributed by atoms with Gasteiger partial charge in [-0.3, -0.25) is 9.59 Å². The van der Waals surface area contributed by atoms with E-state index in [0.29, 0.717) is 18.9 Å². The molecule has 0 radical (unpaired) electrons. The van der Waals surface area contributed by atoms with Crippen LogP contribution in [-0.4, -0.2) is 54.3 Å². The van der Waals surface area contributed by atoms with Crippen molar-refractivity contribution in [1.82, 2.24) is 4.90 Å². The summed E-state index contributed by atoms with van der Waals surface area (Å²) in [6.07, 6.45) is -0.114. The van der Waals surface area contributed by atoms with Gasteiger partial charge in [-0.15, -0.1) is 0 Å². The first-order valence-electron chi connectivity index (χ1n) is 6.43. The Labute approximate surface area is 116 Å². The Hall–Kier alpha value is -2.08. The normalized spacial score (nSPS) is 18.6. The quantitative estimate of drug-likeness (QED) is 0.861. The van der Waals surface area contributed by atoms with Crippen molar-refractivity contribution in [3.63, 3.8) is 0 Å². The van der Waals surface area contributed by atoms with Gasteiger partial charge in [0, 0.05) is 6.54 Å². The van der Waals surface area contributed by atoms with Crippen LogP contribution in [0.5, 0.6) is 5.75 Å². The SMILES string of the molecule is O=C(O)CC1COCCN1C(=O)COc1ccccc1. The molecule has 20 heavy (non-hydrogen) atoms. The first-order chi connectivity index (χ1) is 9.66. The maximum atomic E-state index is 12.1. The Morgan fingerprint density at radius 1 is 1.35 bits per heavy atom. The van der Waals surface area contributed by atoms with Crippen LogP contribution < -0.4 is 4.74 Å². The van der Waals surface area contributed by atoms with Crippen molar-refractivity contribution >= 4 is 11.9 Å². The monoisotopic (exact) mass is 279 g/mol. The smallest absolute Gasteiger partial charge is 0.305 e. The molecule has 1 heterocycles. The molecule has 6 nitrogen and oxygen atoms in total. The molecule has 1 N–H and O–H groups in total. The highest BCUT2D eigenvalue weighted by Gasteiger charge is 2.29. The largest absolute Gasteiger partial charge is 0.484 e. The van der Waals surface area contributed by atoms with E-state index in [1.54, 1.807) is 12.1 Å². The molecular formula is C14H17NO5. The standard InChI is InChI=1S/C14H17NO5/c16-13(10-20-12-4-2-1-3-5-12)15-6-7-19-9-11(15)8-14(17)18/h1-5,11H,6-10H2,(H,17,18). The molecule has 0 saturated carbocycles. The van der Waals surface area contributed by atoms with Gasteiger partial charge in [0.2, 0.25) is 0 Å². The number of amides is 1. The summed E-state index contributed by atoms with van der Waals surface area (Å²) in [6.45, 7) is 0.978. The third kappa shape index (κ3) is 3.96. The molecule has 1 unspecified atom stereocenters. The number of carboxylic acids is 1. The van der Waals surface area contributed by atoms with Crippen LogP contribution in [0.15, 0.2) is 30.3 Å². The first kappa shape index (κ1) is 14.3. The Morgan fingerprint density at radius 3 is 2.80 bits per heavy atom. The number of aliphatic carboxylic acids is 1. The third-order valence-electron chi connectivity index (χ3n) is 3.06. The van der Waals surface area contributed by atoms with E-state index in [1.165, 1.54) is 4.90 Å². The Balaban J connectivity index is 1.90. The minimum Gasteiger partial charge on any atom is -0.484 e. The topological polar surface area (TPSA) is 76.1 Å². The van der Waals surface area contributed by atoms with Gasteiger partial charge in [0.1, 0.15) is 5.75 Å². The van der Waals surface area contributed by atoms with Crippen LogP contribution in [0.2, 0.25) is 0 Å². The summed E-state index contributed by atoms with van der Waals surface area (Å²) in [5.74, 6) is -0.547.